The lowest BCUT2D eigenvalue weighted by Gasteiger charge is -2.32. The van der Waals surface area contributed by atoms with Crippen LogP contribution in [-0.4, -0.2) is 92.5 Å². The highest BCUT2D eigenvalue weighted by molar-refractivity contribution is 6.03. The molecule has 1 atom stereocenters. The molecule has 2 aliphatic rings. The highest BCUT2D eigenvalue weighted by Gasteiger charge is 2.36. The van der Waals surface area contributed by atoms with E-state index in [1.54, 1.807) is 24.1 Å². The van der Waals surface area contributed by atoms with Crippen LogP contribution in [0.1, 0.15) is 50.8 Å². The van der Waals surface area contributed by atoms with Crippen molar-refractivity contribution in [1.29, 1.82) is 0 Å². The fourth-order valence-electron chi connectivity index (χ4n) is 5.08. The molecule has 2 aromatic rings. The zero-order chi connectivity index (χ0) is 28.7. The molecule has 2 aromatic carbocycles. The minimum atomic E-state index is -0.358. The number of rotatable bonds is 10. The topological polar surface area (TPSA) is 83.9 Å². The van der Waals surface area contributed by atoms with E-state index in [0.717, 1.165) is 35.7 Å². The van der Waals surface area contributed by atoms with Crippen LogP contribution in [0.2, 0.25) is 0 Å². The number of hydrogen-bond acceptors (Lipinski definition) is 7. The van der Waals surface area contributed by atoms with Gasteiger partial charge in [-0.05, 0) is 23.6 Å². The molecule has 0 bridgehead atoms. The maximum atomic E-state index is 14.0. The monoisotopic (exact) mass is 550 g/mol. The highest BCUT2D eigenvalue weighted by atomic mass is 16.5. The van der Waals surface area contributed by atoms with Crippen LogP contribution in [-0.2, 0) is 14.3 Å². The minimum absolute atomic E-state index is 0.0286. The van der Waals surface area contributed by atoms with E-state index >= 15 is 0 Å². The normalized spacial score (nSPS) is 17.9. The zero-order valence-electron chi connectivity index (χ0n) is 24.4. The molecular weight excluding hydrogens is 508 g/mol. The van der Waals surface area contributed by atoms with Crippen molar-refractivity contribution in [2.45, 2.75) is 39.7 Å². The Bertz CT molecular complexity index is 1200. The molecule has 1 fully saturated rings. The number of methoxy groups -OCH3 is 2. The average Bonchev–Trinajstić information content (AvgIpc) is 3.40. The van der Waals surface area contributed by atoms with Crippen molar-refractivity contribution in [2.75, 3.05) is 60.2 Å². The van der Waals surface area contributed by atoms with Gasteiger partial charge in [0.05, 0.1) is 39.2 Å². The van der Waals surface area contributed by atoms with Gasteiger partial charge in [-0.25, -0.2) is 5.01 Å². The molecule has 2 aliphatic heterocycles. The predicted octanol–water partition coefficient (Wildman–Crippen LogP) is 3.98. The van der Waals surface area contributed by atoms with Crippen LogP contribution in [0.4, 0.5) is 0 Å². The second-order valence-electron chi connectivity index (χ2n) is 11.5. The van der Waals surface area contributed by atoms with Crippen LogP contribution in [0.15, 0.2) is 53.6 Å². The molecule has 0 saturated carbocycles. The second-order valence-corrected chi connectivity index (χ2v) is 11.5. The van der Waals surface area contributed by atoms with Gasteiger partial charge in [0.1, 0.15) is 18.0 Å². The number of hydrazone groups is 1. The average molecular weight is 551 g/mol. The van der Waals surface area contributed by atoms with E-state index in [4.69, 9.17) is 19.3 Å². The van der Waals surface area contributed by atoms with Gasteiger partial charge in [-0.1, -0.05) is 51.1 Å². The maximum absolute atomic E-state index is 14.0. The smallest absolute Gasteiger partial charge is 0.262 e. The van der Waals surface area contributed by atoms with Crippen molar-refractivity contribution in [3.63, 3.8) is 0 Å². The van der Waals surface area contributed by atoms with Gasteiger partial charge in [-0.15, -0.1) is 0 Å². The number of carbonyl (C=O) groups excluding carboxylic acids is 2. The maximum Gasteiger partial charge on any atom is 0.262 e. The summed E-state index contributed by atoms with van der Waals surface area (Å²) in [7, 11) is 3.26. The largest absolute Gasteiger partial charge is 0.497 e. The summed E-state index contributed by atoms with van der Waals surface area (Å²) in [4.78, 5) is 31.4. The molecule has 0 N–H and O–H groups in total. The number of carbonyl (C=O) groups is 2. The molecule has 4 rings (SSSR count). The molecule has 9 heteroatoms. The molecule has 1 unspecified atom stereocenters. The number of nitrogens with zero attached hydrogens (tertiary/aromatic N) is 4. The zero-order valence-corrected chi connectivity index (χ0v) is 24.4. The van der Waals surface area contributed by atoms with Crippen molar-refractivity contribution in [3.8, 4) is 11.5 Å². The SMILES string of the molecule is COc1cccc(C2=NN(C(=O)CN(CCN3CCOCC3)C(=O)CC(C)(C)C)C(c3ccccc3OC)C2)c1. The molecule has 1 saturated heterocycles. The van der Waals surface area contributed by atoms with Gasteiger partial charge < -0.3 is 19.1 Å². The number of amides is 2. The summed E-state index contributed by atoms with van der Waals surface area (Å²) >= 11 is 0. The van der Waals surface area contributed by atoms with Crippen LogP contribution < -0.4 is 9.47 Å². The molecule has 216 valence electrons. The Labute approximate surface area is 237 Å². The van der Waals surface area contributed by atoms with Gasteiger partial charge in [0.25, 0.3) is 5.91 Å². The Morgan fingerprint density at radius 3 is 2.50 bits per heavy atom. The van der Waals surface area contributed by atoms with Crippen LogP contribution in [0.3, 0.4) is 0 Å². The third-order valence-electron chi connectivity index (χ3n) is 7.22. The minimum Gasteiger partial charge on any atom is -0.497 e. The standard InChI is InChI=1S/C31H42N4O5/c1-31(2,3)21-29(36)34(14-13-33-15-17-40-18-16-33)22-30(37)35-27(25-11-6-7-12-28(25)39-5)20-26(32-35)23-9-8-10-24(19-23)38-4/h6-12,19,27H,13-18,20-22H2,1-5H3. The first-order valence-corrected chi connectivity index (χ1v) is 13.9. The Hall–Kier alpha value is -3.43. The molecule has 9 nitrogen and oxygen atoms in total. The molecular formula is C31H42N4O5. The summed E-state index contributed by atoms with van der Waals surface area (Å²) in [5, 5.41) is 6.37. The van der Waals surface area contributed by atoms with Crippen molar-refractivity contribution >= 4 is 17.5 Å². The molecule has 0 aromatic heterocycles. The predicted molar refractivity (Wildman–Crippen MR) is 155 cm³/mol. The highest BCUT2D eigenvalue weighted by Crippen LogP contribution is 2.38. The summed E-state index contributed by atoms with van der Waals surface area (Å²) in [6.45, 7) is 10.3. The van der Waals surface area contributed by atoms with E-state index in [0.29, 0.717) is 44.9 Å². The lowest BCUT2D eigenvalue weighted by atomic mass is 9.91. The third-order valence-corrected chi connectivity index (χ3v) is 7.22. The number of benzene rings is 2. The van der Waals surface area contributed by atoms with E-state index in [-0.39, 0.29) is 29.8 Å². The molecule has 2 amide bonds. The van der Waals surface area contributed by atoms with Crippen molar-refractivity contribution in [2.24, 2.45) is 10.5 Å². The van der Waals surface area contributed by atoms with E-state index in [9.17, 15) is 9.59 Å². The summed E-state index contributed by atoms with van der Waals surface area (Å²) < 4.78 is 16.5. The molecule has 0 aliphatic carbocycles. The number of para-hydroxylation sites is 1. The summed E-state index contributed by atoms with van der Waals surface area (Å²) in [6.07, 6.45) is 0.876. The van der Waals surface area contributed by atoms with E-state index < -0.39 is 0 Å². The van der Waals surface area contributed by atoms with Gasteiger partial charge >= 0.3 is 0 Å². The van der Waals surface area contributed by atoms with Gasteiger partial charge in [-0.2, -0.15) is 5.10 Å². The van der Waals surface area contributed by atoms with Gasteiger partial charge in [0.15, 0.2) is 0 Å². The Morgan fingerprint density at radius 2 is 1.80 bits per heavy atom. The van der Waals surface area contributed by atoms with Crippen LogP contribution in [0.5, 0.6) is 11.5 Å². The van der Waals surface area contributed by atoms with E-state index in [1.165, 1.54) is 0 Å². The van der Waals surface area contributed by atoms with Crippen molar-refractivity contribution < 1.29 is 23.8 Å². The number of morpholine rings is 1. The first-order chi connectivity index (χ1) is 19.2. The second kappa shape index (κ2) is 13.3. The molecule has 2 heterocycles. The molecule has 40 heavy (non-hydrogen) atoms. The van der Waals surface area contributed by atoms with Crippen LogP contribution in [0.25, 0.3) is 0 Å². The van der Waals surface area contributed by atoms with Crippen LogP contribution >= 0.6 is 0 Å². The number of ether oxygens (including phenoxy) is 3. The quantitative estimate of drug-likeness (QED) is 0.445. The lowest BCUT2D eigenvalue weighted by molar-refractivity contribution is -0.142. The van der Waals surface area contributed by atoms with Gasteiger partial charge in [0, 0.05) is 50.1 Å². The first-order valence-electron chi connectivity index (χ1n) is 13.9. The Kier molecular flexibility index (Phi) is 9.81. The molecule has 0 spiro atoms. The first kappa shape index (κ1) is 29.6. The number of hydrogen-bond donors (Lipinski definition) is 0. The van der Waals surface area contributed by atoms with Crippen LogP contribution in [0, 0.1) is 5.41 Å². The van der Waals surface area contributed by atoms with Gasteiger partial charge in [-0.3, -0.25) is 14.5 Å². The van der Waals surface area contributed by atoms with E-state index in [1.807, 2.05) is 69.3 Å². The fraction of sp³-hybridized carbons (Fsp3) is 0.516. The lowest BCUT2D eigenvalue weighted by Crippen LogP contribution is -2.47. The van der Waals surface area contributed by atoms with Crippen molar-refractivity contribution in [3.05, 3.63) is 59.7 Å². The Morgan fingerprint density at radius 1 is 1.05 bits per heavy atom. The molecule has 0 radical (unpaired) electrons. The Balaban J connectivity index is 1.61. The fourth-order valence-corrected chi connectivity index (χ4v) is 5.08. The van der Waals surface area contributed by atoms with Crippen molar-refractivity contribution in [1.82, 2.24) is 14.8 Å². The summed E-state index contributed by atoms with van der Waals surface area (Å²) in [6, 6.07) is 15.0. The summed E-state index contributed by atoms with van der Waals surface area (Å²) in [5.74, 6) is 1.17. The van der Waals surface area contributed by atoms with E-state index in [2.05, 4.69) is 4.90 Å². The third kappa shape index (κ3) is 7.61. The van der Waals surface area contributed by atoms with Gasteiger partial charge in [0.2, 0.25) is 5.91 Å². The summed E-state index contributed by atoms with van der Waals surface area (Å²) in [5.41, 5.74) is 2.36.